The van der Waals surface area contributed by atoms with E-state index in [0.29, 0.717) is 6.54 Å². The second-order valence-corrected chi connectivity index (χ2v) is 8.73. The Kier molecular flexibility index (Phi) is 4.98. The molecule has 3 unspecified atom stereocenters. The fourth-order valence-corrected chi connectivity index (χ4v) is 4.27. The maximum atomic E-state index is 14.6. The SMILES string of the molecule is CC(C)(C)CN1CCCC(N2CCC(N3CCC3)C(F)C2)C1=O. The van der Waals surface area contributed by atoms with Gasteiger partial charge >= 0.3 is 0 Å². The highest BCUT2D eigenvalue weighted by atomic mass is 19.1. The summed E-state index contributed by atoms with van der Waals surface area (Å²) in [5, 5.41) is 0. The van der Waals surface area contributed by atoms with E-state index in [-0.39, 0.29) is 23.4 Å². The minimum absolute atomic E-state index is 0.0874. The van der Waals surface area contributed by atoms with Gasteiger partial charge in [0.25, 0.3) is 0 Å². The summed E-state index contributed by atoms with van der Waals surface area (Å²) in [6.45, 7) is 11.5. The minimum Gasteiger partial charge on any atom is -0.341 e. The van der Waals surface area contributed by atoms with Crippen LogP contribution < -0.4 is 0 Å². The number of hydrogen-bond donors (Lipinski definition) is 0. The van der Waals surface area contributed by atoms with Gasteiger partial charge in [0.1, 0.15) is 6.17 Å². The van der Waals surface area contributed by atoms with Gasteiger partial charge < -0.3 is 4.90 Å². The lowest BCUT2D eigenvalue weighted by Gasteiger charge is -2.47. The highest BCUT2D eigenvalue weighted by Gasteiger charge is 2.41. The van der Waals surface area contributed by atoms with Crippen LogP contribution in [0.4, 0.5) is 4.39 Å². The van der Waals surface area contributed by atoms with Crippen molar-refractivity contribution in [3.05, 3.63) is 0 Å². The van der Waals surface area contributed by atoms with Crippen molar-refractivity contribution in [2.24, 2.45) is 5.41 Å². The van der Waals surface area contributed by atoms with E-state index in [1.54, 1.807) is 0 Å². The average Bonchev–Trinajstić information content (AvgIpc) is 2.40. The summed E-state index contributed by atoms with van der Waals surface area (Å²) >= 11 is 0. The molecule has 132 valence electrons. The summed E-state index contributed by atoms with van der Waals surface area (Å²) < 4.78 is 14.6. The van der Waals surface area contributed by atoms with Crippen molar-refractivity contribution in [1.29, 1.82) is 0 Å². The van der Waals surface area contributed by atoms with Crippen LogP contribution in [0.15, 0.2) is 0 Å². The molecule has 3 rings (SSSR count). The molecule has 0 spiro atoms. The summed E-state index contributed by atoms with van der Waals surface area (Å²) in [5.74, 6) is 0.223. The molecule has 23 heavy (non-hydrogen) atoms. The van der Waals surface area contributed by atoms with E-state index < -0.39 is 6.17 Å². The molecule has 5 heteroatoms. The zero-order chi connectivity index (χ0) is 16.6. The number of alkyl halides is 1. The molecule has 3 atom stereocenters. The van der Waals surface area contributed by atoms with Crippen LogP contribution in [-0.2, 0) is 4.79 Å². The number of carbonyl (C=O) groups is 1. The topological polar surface area (TPSA) is 26.8 Å². The Hall–Kier alpha value is -0.680. The summed E-state index contributed by atoms with van der Waals surface area (Å²) in [6.07, 6.45) is 3.19. The second-order valence-electron chi connectivity index (χ2n) is 8.73. The Balaban J connectivity index is 1.59. The van der Waals surface area contributed by atoms with E-state index in [1.165, 1.54) is 6.42 Å². The molecule has 0 aromatic rings. The van der Waals surface area contributed by atoms with E-state index >= 15 is 0 Å². The number of nitrogens with zero attached hydrogens (tertiary/aromatic N) is 3. The Morgan fingerprint density at radius 1 is 1.04 bits per heavy atom. The molecule has 0 radical (unpaired) electrons. The molecule has 0 aliphatic carbocycles. The van der Waals surface area contributed by atoms with Gasteiger partial charge in [-0.2, -0.15) is 0 Å². The molecule has 3 saturated heterocycles. The monoisotopic (exact) mass is 325 g/mol. The second kappa shape index (κ2) is 6.67. The number of piperidine rings is 2. The Morgan fingerprint density at radius 2 is 1.78 bits per heavy atom. The lowest BCUT2D eigenvalue weighted by molar-refractivity contribution is -0.143. The van der Waals surface area contributed by atoms with Crippen molar-refractivity contribution in [1.82, 2.24) is 14.7 Å². The molecular formula is C18H32FN3O. The Bertz CT molecular complexity index is 432. The fraction of sp³-hybridized carbons (Fsp3) is 0.944. The molecule has 3 heterocycles. The molecule has 0 aromatic carbocycles. The number of halogens is 1. The number of amides is 1. The van der Waals surface area contributed by atoms with Crippen LogP contribution >= 0.6 is 0 Å². The third-order valence-electron chi connectivity index (χ3n) is 5.51. The smallest absolute Gasteiger partial charge is 0.239 e. The standard InChI is InChI=1S/C18H32FN3O/c1-18(2,3)13-22-8-4-6-16(17(22)23)21-11-7-15(14(19)12-21)20-9-5-10-20/h14-16H,4-13H2,1-3H3. The largest absolute Gasteiger partial charge is 0.341 e. The first-order chi connectivity index (χ1) is 10.8. The maximum absolute atomic E-state index is 14.6. The first kappa shape index (κ1) is 17.2. The summed E-state index contributed by atoms with van der Waals surface area (Å²) in [7, 11) is 0. The molecule has 0 saturated carbocycles. The van der Waals surface area contributed by atoms with Gasteiger partial charge in [-0.15, -0.1) is 0 Å². The third kappa shape index (κ3) is 3.87. The summed E-state index contributed by atoms with van der Waals surface area (Å²) in [6, 6.07) is -0.00828. The van der Waals surface area contributed by atoms with E-state index in [9.17, 15) is 9.18 Å². The van der Waals surface area contributed by atoms with E-state index in [0.717, 1.165) is 52.0 Å². The van der Waals surface area contributed by atoms with Crippen molar-refractivity contribution in [2.75, 3.05) is 39.3 Å². The van der Waals surface area contributed by atoms with Gasteiger partial charge in [-0.3, -0.25) is 14.6 Å². The van der Waals surface area contributed by atoms with Crippen LogP contribution in [0.2, 0.25) is 0 Å². The van der Waals surface area contributed by atoms with E-state index in [2.05, 4.69) is 30.6 Å². The van der Waals surface area contributed by atoms with Gasteiger partial charge in [0.2, 0.25) is 5.91 Å². The first-order valence-corrected chi connectivity index (χ1v) is 9.26. The van der Waals surface area contributed by atoms with Crippen LogP contribution in [0.5, 0.6) is 0 Å². The highest BCUT2D eigenvalue weighted by Crippen LogP contribution is 2.28. The molecular weight excluding hydrogens is 293 g/mol. The van der Waals surface area contributed by atoms with Gasteiger partial charge in [-0.25, -0.2) is 4.39 Å². The van der Waals surface area contributed by atoms with Crippen LogP contribution in [0.25, 0.3) is 0 Å². The van der Waals surface area contributed by atoms with Gasteiger partial charge in [0.05, 0.1) is 6.04 Å². The quantitative estimate of drug-likeness (QED) is 0.795. The molecule has 1 amide bonds. The van der Waals surface area contributed by atoms with E-state index in [4.69, 9.17) is 0 Å². The predicted molar refractivity (Wildman–Crippen MR) is 90.1 cm³/mol. The van der Waals surface area contributed by atoms with Gasteiger partial charge in [-0.05, 0) is 44.2 Å². The van der Waals surface area contributed by atoms with E-state index in [1.807, 2.05) is 4.90 Å². The maximum Gasteiger partial charge on any atom is 0.239 e. The van der Waals surface area contributed by atoms with Gasteiger partial charge in [-0.1, -0.05) is 20.8 Å². The normalized spacial score (nSPS) is 34.5. The Morgan fingerprint density at radius 3 is 2.35 bits per heavy atom. The van der Waals surface area contributed by atoms with Crippen LogP contribution in [0, 0.1) is 5.41 Å². The highest BCUT2D eigenvalue weighted by molar-refractivity contribution is 5.82. The molecule has 4 nitrogen and oxygen atoms in total. The van der Waals surface area contributed by atoms with Crippen molar-refractivity contribution in [3.8, 4) is 0 Å². The molecule has 0 bridgehead atoms. The molecule has 3 fully saturated rings. The number of hydrogen-bond acceptors (Lipinski definition) is 3. The fourth-order valence-electron chi connectivity index (χ4n) is 4.27. The molecule has 3 aliphatic rings. The lowest BCUT2D eigenvalue weighted by Crippen LogP contribution is -2.61. The van der Waals surface area contributed by atoms with Gasteiger partial charge in [0.15, 0.2) is 0 Å². The summed E-state index contributed by atoms with van der Waals surface area (Å²) in [4.78, 5) is 19.2. The summed E-state index contributed by atoms with van der Waals surface area (Å²) in [5.41, 5.74) is 0.116. The van der Waals surface area contributed by atoms with Crippen LogP contribution in [0.3, 0.4) is 0 Å². The Labute approximate surface area is 140 Å². The number of rotatable bonds is 3. The minimum atomic E-state index is -0.810. The first-order valence-electron chi connectivity index (χ1n) is 9.26. The molecule has 0 N–H and O–H groups in total. The third-order valence-corrected chi connectivity index (χ3v) is 5.51. The van der Waals surface area contributed by atoms with Crippen molar-refractivity contribution >= 4 is 5.91 Å². The van der Waals surface area contributed by atoms with Crippen molar-refractivity contribution in [2.45, 2.75) is 64.7 Å². The molecule has 0 aromatic heterocycles. The van der Waals surface area contributed by atoms with Crippen LogP contribution in [-0.4, -0.2) is 78.1 Å². The van der Waals surface area contributed by atoms with Crippen molar-refractivity contribution in [3.63, 3.8) is 0 Å². The van der Waals surface area contributed by atoms with Crippen LogP contribution in [0.1, 0.15) is 46.5 Å². The lowest BCUT2D eigenvalue weighted by atomic mass is 9.92. The number of carbonyl (C=O) groups excluding carboxylic acids is 1. The average molecular weight is 325 g/mol. The van der Waals surface area contributed by atoms with Gasteiger partial charge in [0, 0.05) is 32.2 Å². The zero-order valence-corrected chi connectivity index (χ0v) is 14.9. The molecule has 3 aliphatic heterocycles. The predicted octanol–water partition coefficient (Wildman–Crippen LogP) is 2.14. The number of likely N-dealkylation sites (tertiary alicyclic amines) is 3. The zero-order valence-electron chi connectivity index (χ0n) is 14.9. The van der Waals surface area contributed by atoms with Crippen molar-refractivity contribution < 1.29 is 9.18 Å².